The van der Waals surface area contributed by atoms with Gasteiger partial charge in [-0.3, -0.25) is 4.79 Å². The molecule has 0 unspecified atom stereocenters. The van der Waals surface area contributed by atoms with Crippen LogP contribution in [-0.4, -0.2) is 75.4 Å². The molecule has 6 rings (SSSR count). The molecule has 2 aromatic carbocycles. The number of benzene rings is 2. The molecule has 256 valence electrons. The third kappa shape index (κ3) is 8.80. The van der Waals surface area contributed by atoms with E-state index in [1.165, 1.54) is 24.5 Å². The Balaban J connectivity index is 0.00000240. The second kappa shape index (κ2) is 16.2. The van der Waals surface area contributed by atoms with Crippen molar-refractivity contribution in [1.29, 1.82) is 0 Å². The summed E-state index contributed by atoms with van der Waals surface area (Å²) in [7, 11) is 0. The van der Waals surface area contributed by atoms with E-state index in [-0.39, 0.29) is 48.7 Å². The average Bonchev–Trinajstić information content (AvgIpc) is 3.56. The number of hydrogen-bond donors (Lipinski definition) is 2. The van der Waals surface area contributed by atoms with Crippen molar-refractivity contribution in [3.05, 3.63) is 53.3 Å². The van der Waals surface area contributed by atoms with E-state index < -0.39 is 0 Å². The van der Waals surface area contributed by atoms with Crippen LogP contribution in [0.4, 0.5) is 10.1 Å². The summed E-state index contributed by atoms with van der Waals surface area (Å²) in [5.41, 5.74) is 3.26. The molecule has 1 aliphatic carbocycles. The number of halogens is 3. The Morgan fingerprint density at radius 3 is 2.13 bits per heavy atom. The van der Waals surface area contributed by atoms with Gasteiger partial charge in [0.15, 0.2) is 11.6 Å². The second-order valence-corrected chi connectivity index (χ2v) is 14.4. The van der Waals surface area contributed by atoms with Crippen LogP contribution in [0.3, 0.4) is 0 Å². The molecule has 3 heterocycles. The Morgan fingerprint density at radius 1 is 0.783 bits per heavy atom. The third-order valence-corrected chi connectivity index (χ3v) is 10.4. The predicted molar refractivity (Wildman–Crippen MR) is 188 cm³/mol. The highest BCUT2D eigenvalue weighted by Crippen LogP contribution is 2.45. The minimum Gasteiger partial charge on any atom is -0.489 e. The summed E-state index contributed by atoms with van der Waals surface area (Å²) in [6.07, 6.45) is 7.13. The van der Waals surface area contributed by atoms with Crippen LogP contribution in [0.25, 0.3) is 0 Å². The fraction of sp³-hybridized carbons (Fsp3) is 0.639. The van der Waals surface area contributed by atoms with Gasteiger partial charge in [0.05, 0.1) is 0 Å². The van der Waals surface area contributed by atoms with Gasteiger partial charge in [0, 0.05) is 76.0 Å². The van der Waals surface area contributed by atoms with Gasteiger partial charge >= 0.3 is 0 Å². The number of amides is 1. The number of piperidine rings is 1. The maximum absolute atomic E-state index is 14.7. The lowest BCUT2D eigenvalue weighted by atomic mass is 9.68. The fourth-order valence-corrected chi connectivity index (χ4v) is 7.53. The molecule has 0 radical (unpaired) electrons. The zero-order chi connectivity index (χ0) is 30.7. The van der Waals surface area contributed by atoms with Gasteiger partial charge in [-0.25, -0.2) is 4.39 Å². The first kappa shape index (κ1) is 36.6. The smallest absolute Gasteiger partial charge is 0.253 e. The molecule has 10 heteroatoms. The zero-order valence-corrected chi connectivity index (χ0v) is 29.3. The van der Waals surface area contributed by atoms with Crippen molar-refractivity contribution in [3.63, 3.8) is 0 Å². The van der Waals surface area contributed by atoms with Crippen molar-refractivity contribution in [2.45, 2.75) is 83.8 Å². The maximum Gasteiger partial charge on any atom is 0.253 e. The molecule has 4 aliphatic rings. The van der Waals surface area contributed by atoms with Gasteiger partial charge in [-0.05, 0) is 91.8 Å². The first-order valence-electron chi connectivity index (χ1n) is 17.0. The maximum atomic E-state index is 14.7. The Kier molecular flexibility index (Phi) is 12.9. The molecule has 7 nitrogen and oxygen atoms in total. The van der Waals surface area contributed by atoms with Crippen molar-refractivity contribution >= 4 is 36.4 Å². The summed E-state index contributed by atoms with van der Waals surface area (Å²) < 4.78 is 27.4. The molecule has 46 heavy (non-hydrogen) atoms. The Labute approximate surface area is 287 Å². The van der Waals surface area contributed by atoms with E-state index in [0.717, 1.165) is 81.4 Å². The lowest BCUT2D eigenvalue weighted by Crippen LogP contribution is -2.43. The van der Waals surface area contributed by atoms with Crippen LogP contribution >= 0.6 is 24.8 Å². The molecule has 3 aliphatic heterocycles. The molecule has 0 spiro atoms. The number of nitrogens with zero attached hydrogens (tertiary/aromatic N) is 2. The summed E-state index contributed by atoms with van der Waals surface area (Å²) in [6, 6.07) is 11.3. The molecular formula is C36H53Cl2FN4O3. The monoisotopic (exact) mass is 678 g/mol. The van der Waals surface area contributed by atoms with Crippen LogP contribution in [0.15, 0.2) is 36.4 Å². The van der Waals surface area contributed by atoms with Crippen molar-refractivity contribution < 1.29 is 18.7 Å². The van der Waals surface area contributed by atoms with E-state index in [2.05, 4.69) is 42.4 Å². The highest BCUT2D eigenvalue weighted by molar-refractivity contribution is 5.94. The predicted octanol–water partition coefficient (Wildman–Crippen LogP) is 6.82. The number of likely N-dealkylation sites (tertiary alicyclic amines) is 1. The molecule has 1 atom stereocenters. The molecule has 1 saturated carbocycles. The number of piperazine rings is 1. The largest absolute Gasteiger partial charge is 0.489 e. The molecule has 2 aromatic rings. The van der Waals surface area contributed by atoms with Crippen LogP contribution in [0, 0.1) is 17.2 Å². The van der Waals surface area contributed by atoms with Gasteiger partial charge in [-0.1, -0.05) is 20.8 Å². The summed E-state index contributed by atoms with van der Waals surface area (Å²) in [6.45, 7) is 13.8. The molecular weight excluding hydrogens is 626 g/mol. The summed E-state index contributed by atoms with van der Waals surface area (Å²) in [4.78, 5) is 18.0. The van der Waals surface area contributed by atoms with Gasteiger partial charge in [0.25, 0.3) is 5.91 Å². The Bertz CT molecular complexity index is 1280. The summed E-state index contributed by atoms with van der Waals surface area (Å²) in [5, 5.41) is 6.76. The number of rotatable bonds is 7. The Hall–Kier alpha value is -2.26. The number of nitrogens with one attached hydrogen (secondary N) is 2. The minimum absolute atomic E-state index is 0. The van der Waals surface area contributed by atoms with E-state index >= 15 is 0 Å². The van der Waals surface area contributed by atoms with Crippen molar-refractivity contribution in [2.24, 2.45) is 11.3 Å². The highest BCUT2D eigenvalue weighted by atomic mass is 35.5. The van der Waals surface area contributed by atoms with Gasteiger partial charge in [-0.15, -0.1) is 24.8 Å². The number of anilines is 1. The molecule has 2 N–H and O–H groups in total. The highest BCUT2D eigenvalue weighted by Gasteiger charge is 2.33. The van der Waals surface area contributed by atoms with Gasteiger partial charge in [0.2, 0.25) is 0 Å². The normalized spacial score (nSPS) is 24.1. The Morgan fingerprint density at radius 2 is 1.48 bits per heavy atom. The van der Waals surface area contributed by atoms with E-state index in [1.54, 1.807) is 0 Å². The molecule has 0 bridgehead atoms. The SMILES string of the molecule is CC(C)(C)[C@H]1CC[C@H](c2cc(C(=O)N3CCC(Oc4cc(N5CCNCC5)ccc4F)CC3)ccc2O[C@H]2CCNC2)CC1.Cl.Cl. The lowest BCUT2D eigenvalue weighted by molar-refractivity contribution is 0.0588. The lowest BCUT2D eigenvalue weighted by Gasteiger charge is -2.37. The van der Waals surface area contributed by atoms with Crippen LogP contribution in [0.5, 0.6) is 11.5 Å². The van der Waals surface area contributed by atoms with Crippen LogP contribution in [-0.2, 0) is 0 Å². The van der Waals surface area contributed by atoms with Gasteiger partial charge in [-0.2, -0.15) is 0 Å². The van der Waals surface area contributed by atoms with E-state index in [9.17, 15) is 9.18 Å². The first-order chi connectivity index (χ1) is 21.2. The quantitative estimate of drug-likeness (QED) is 0.335. The summed E-state index contributed by atoms with van der Waals surface area (Å²) in [5.74, 6) is 2.14. The molecule has 3 saturated heterocycles. The van der Waals surface area contributed by atoms with Crippen LogP contribution < -0.4 is 25.0 Å². The average molecular weight is 680 g/mol. The van der Waals surface area contributed by atoms with E-state index in [4.69, 9.17) is 9.47 Å². The zero-order valence-electron chi connectivity index (χ0n) is 27.7. The first-order valence-corrected chi connectivity index (χ1v) is 17.0. The van der Waals surface area contributed by atoms with Crippen LogP contribution in [0.1, 0.15) is 87.6 Å². The van der Waals surface area contributed by atoms with Crippen molar-refractivity contribution in [2.75, 3.05) is 57.3 Å². The molecule has 4 fully saturated rings. The van der Waals surface area contributed by atoms with E-state index in [1.807, 2.05) is 29.2 Å². The molecule has 1 amide bonds. The van der Waals surface area contributed by atoms with Gasteiger partial charge < -0.3 is 29.9 Å². The van der Waals surface area contributed by atoms with Crippen molar-refractivity contribution in [3.8, 4) is 11.5 Å². The topological polar surface area (TPSA) is 66.1 Å². The van der Waals surface area contributed by atoms with E-state index in [0.29, 0.717) is 43.0 Å². The standard InChI is InChI=1S/C36H51FN4O3.2ClH/c1-36(2,3)27-7-4-25(5-8-27)31-22-26(6-11-33(31)44-30-12-15-39-24-30)35(42)41-18-13-29(14-19-41)43-34-23-28(9-10-32(34)37)40-20-16-38-17-21-40;;/h6,9-11,22-23,25,27,29-30,38-39H,4-5,7-8,12-21,24H2,1-3H3;2*1H/t25-,27-,30-;;/m0../s1. The third-order valence-electron chi connectivity index (χ3n) is 10.4. The van der Waals surface area contributed by atoms with Gasteiger partial charge in [0.1, 0.15) is 18.0 Å². The summed E-state index contributed by atoms with van der Waals surface area (Å²) >= 11 is 0. The number of carbonyl (C=O) groups excluding carboxylic acids is 1. The fourth-order valence-electron chi connectivity index (χ4n) is 7.53. The number of ether oxygens (including phenoxy) is 2. The molecule has 0 aromatic heterocycles. The minimum atomic E-state index is -0.331. The number of hydrogen-bond acceptors (Lipinski definition) is 6. The van der Waals surface area contributed by atoms with Crippen molar-refractivity contribution in [1.82, 2.24) is 15.5 Å². The number of carbonyl (C=O) groups is 1. The van der Waals surface area contributed by atoms with Crippen LogP contribution in [0.2, 0.25) is 0 Å². The second-order valence-electron chi connectivity index (χ2n) is 14.4.